The third-order valence-corrected chi connectivity index (χ3v) is 4.43. The maximum Gasteiger partial charge on any atom is 0.367 e. The van der Waals surface area contributed by atoms with E-state index in [2.05, 4.69) is 30.8 Å². The highest BCUT2D eigenvalue weighted by Gasteiger charge is 2.22. The Kier molecular flexibility index (Phi) is 5.94. The summed E-state index contributed by atoms with van der Waals surface area (Å²) in [5.74, 6) is 0.810. The zero-order valence-corrected chi connectivity index (χ0v) is 16.3. The lowest BCUT2D eigenvalue weighted by atomic mass is 10.0. The number of allylic oxidation sites excluding steroid dienone is 1. The first-order chi connectivity index (χ1) is 13.5. The van der Waals surface area contributed by atoms with Crippen LogP contribution in [0.2, 0.25) is 0 Å². The molecule has 0 aliphatic carbocycles. The normalized spacial score (nSPS) is 14.6. The number of ether oxygens (including phenoxy) is 2. The monoisotopic (exact) mass is 377 g/mol. The molecule has 0 saturated heterocycles. The summed E-state index contributed by atoms with van der Waals surface area (Å²) in [6.07, 6.45) is 4.15. The lowest BCUT2D eigenvalue weighted by molar-refractivity contribution is -0.136. The molecule has 2 aromatic carbocycles. The Morgan fingerprint density at radius 1 is 1.18 bits per heavy atom. The van der Waals surface area contributed by atoms with Gasteiger partial charge in [0.25, 0.3) is 0 Å². The highest BCUT2D eigenvalue weighted by Crippen LogP contribution is 2.35. The number of aryl methyl sites for hydroxylation is 1. The van der Waals surface area contributed by atoms with Crippen molar-refractivity contribution in [2.24, 2.45) is 5.16 Å². The lowest BCUT2D eigenvalue weighted by Crippen LogP contribution is -2.04. The Morgan fingerprint density at radius 2 is 1.93 bits per heavy atom. The maximum atomic E-state index is 11.8. The van der Waals surface area contributed by atoms with Crippen LogP contribution in [0.15, 0.2) is 59.8 Å². The van der Waals surface area contributed by atoms with Gasteiger partial charge in [-0.2, -0.15) is 0 Å². The van der Waals surface area contributed by atoms with Gasteiger partial charge in [0.15, 0.2) is 11.5 Å². The molecular formula is C23H23NO4. The second-order valence-electron chi connectivity index (χ2n) is 6.59. The van der Waals surface area contributed by atoms with E-state index in [1.165, 1.54) is 5.56 Å². The van der Waals surface area contributed by atoms with Crippen molar-refractivity contribution >= 4 is 17.8 Å². The molecular weight excluding hydrogens is 354 g/mol. The third kappa shape index (κ3) is 4.31. The van der Waals surface area contributed by atoms with Crippen molar-refractivity contribution in [1.29, 1.82) is 0 Å². The van der Waals surface area contributed by atoms with Crippen molar-refractivity contribution < 1.29 is 19.1 Å². The Morgan fingerprint density at radius 3 is 2.54 bits per heavy atom. The zero-order valence-electron chi connectivity index (χ0n) is 16.3. The first-order valence-corrected chi connectivity index (χ1v) is 9.00. The minimum absolute atomic E-state index is 0.430. The summed E-state index contributed by atoms with van der Waals surface area (Å²) in [6.45, 7) is 8.05. The van der Waals surface area contributed by atoms with Crippen LogP contribution < -0.4 is 9.47 Å². The van der Waals surface area contributed by atoms with Crippen LogP contribution in [0.25, 0.3) is 6.08 Å². The largest absolute Gasteiger partial charge is 0.493 e. The topological polar surface area (TPSA) is 57.1 Å². The van der Waals surface area contributed by atoms with Crippen molar-refractivity contribution in [3.05, 3.63) is 76.9 Å². The van der Waals surface area contributed by atoms with Crippen molar-refractivity contribution in [1.82, 2.24) is 0 Å². The van der Waals surface area contributed by atoms with Crippen LogP contribution in [-0.2, 0) is 22.7 Å². The number of hydrogen-bond donors (Lipinski definition) is 0. The van der Waals surface area contributed by atoms with Gasteiger partial charge in [-0.05, 0) is 49.6 Å². The minimum Gasteiger partial charge on any atom is -0.493 e. The second-order valence-corrected chi connectivity index (χ2v) is 6.59. The molecule has 0 N–H and O–H groups in total. The van der Waals surface area contributed by atoms with Crippen molar-refractivity contribution in [3.8, 4) is 11.5 Å². The fraction of sp³-hybridized carbons (Fsp3) is 0.217. The van der Waals surface area contributed by atoms with Gasteiger partial charge in [0.1, 0.15) is 6.61 Å². The Labute approximate surface area is 164 Å². The molecule has 0 atom stereocenters. The van der Waals surface area contributed by atoms with Crippen LogP contribution in [0.3, 0.4) is 0 Å². The smallest absolute Gasteiger partial charge is 0.367 e. The van der Waals surface area contributed by atoms with Crippen LogP contribution in [0, 0.1) is 6.92 Å². The van der Waals surface area contributed by atoms with E-state index in [0.29, 0.717) is 35.8 Å². The van der Waals surface area contributed by atoms with Gasteiger partial charge in [-0.1, -0.05) is 41.1 Å². The third-order valence-electron chi connectivity index (χ3n) is 4.43. The van der Waals surface area contributed by atoms with Gasteiger partial charge in [0.2, 0.25) is 0 Å². The van der Waals surface area contributed by atoms with Crippen LogP contribution in [0.1, 0.15) is 29.2 Å². The first kappa shape index (κ1) is 19.4. The molecule has 5 nitrogen and oxygen atoms in total. The summed E-state index contributed by atoms with van der Waals surface area (Å²) >= 11 is 0. The number of oxime groups is 1. The molecule has 3 rings (SSSR count). The number of hydrogen-bond acceptors (Lipinski definition) is 5. The summed E-state index contributed by atoms with van der Waals surface area (Å²) in [5, 5.41) is 3.71. The average molecular weight is 377 g/mol. The van der Waals surface area contributed by atoms with E-state index in [0.717, 1.165) is 16.7 Å². The quantitative estimate of drug-likeness (QED) is 0.401. The first-order valence-electron chi connectivity index (χ1n) is 9.00. The van der Waals surface area contributed by atoms with E-state index < -0.39 is 5.97 Å². The van der Waals surface area contributed by atoms with E-state index in [1.54, 1.807) is 26.2 Å². The van der Waals surface area contributed by atoms with Crippen molar-refractivity contribution in [2.75, 3.05) is 7.11 Å². The molecule has 0 aromatic heterocycles. The molecule has 0 unspecified atom stereocenters. The van der Waals surface area contributed by atoms with Gasteiger partial charge in [-0.25, -0.2) is 4.79 Å². The van der Waals surface area contributed by atoms with E-state index in [9.17, 15) is 4.79 Å². The van der Waals surface area contributed by atoms with Crippen LogP contribution >= 0.6 is 0 Å². The number of methoxy groups -OCH3 is 1. The molecule has 1 heterocycles. The lowest BCUT2D eigenvalue weighted by Gasteiger charge is -2.16. The number of rotatable bonds is 7. The fourth-order valence-electron chi connectivity index (χ4n) is 2.92. The molecule has 2 aromatic rings. The molecule has 0 bridgehead atoms. The molecule has 0 amide bonds. The summed E-state index contributed by atoms with van der Waals surface area (Å²) in [6, 6.07) is 12.0. The molecule has 0 radical (unpaired) electrons. The van der Waals surface area contributed by atoms with Gasteiger partial charge in [-0.3, -0.25) is 0 Å². The van der Waals surface area contributed by atoms with Crippen LogP contribution in [0.5, 0.6) is 11.5 Å². The zero-order chi connectivity index (χ0) is 20.1. The number of carbonyl (C=O) groups is 1. The molecule has 1 aliphatic rings. The second kappa shape index (κ2) is 8.57. The molecule has 5 heteroatoms. The summed E-state index contributed by atoms with van der Waals surface area (Å²) < 4.78 is 11.7. The molecule has 0 fully saturated rings. The Hall–Kier alpha value is -3.34. The van der Waals surface area contributed by atoms with Gasteiger partial charge >= 0.3 is 5.97 Å². The van der Waals surface area contributed by atoms with Gasteiger partial charge < -0.3 is 14.3 Å². The minimum atomic E-state index is -0.457. The summed E-state index contributed by atoms with van der Waals surface area (Å²) in [4.78, 5) is 16.5. The van der Waals surface area contributed by atoms with Gasteiger partial charge in [0, 0.05) is 5.56 Å². The van der Waals surface area contributed by atoms with E-state index in [1.807, 2.05) is 24.3 Å². The predicted octanol–water partition coefficient (Wildman–Crippen LogP) is 4.63. The van der Waals surface area contributed by atoms with Crippen LogP contribution in [0.4, 0.5) is 0 Å². The number of carbonyl (C=O) groups excluding carboxylic acids is 1. The Bertz CT molecular complexity index is 955. The van der Waals surface area contributed by atoms with Crippen molar-refractivity contribution in [2.45, 2.75) is 26.9 Å². The van der Waals surface area contributed by atoms with Crippen molar-refractivity contribution in [3.63, 3.8) is 0 Å². The average Bonchev–Trinajstić information content (AvgIpc) is 3.00. The van der Waals surface area contributed by atoms with Gasteiger partial charge in [0.05, 0.1) is 18.4 Å². The SMILES string of the molecule is C=CCc1cc(/C=C2\C(=O)ON=C2C)cc(OC)c1OCc1ccc(C)cc1. The fourth-order valence-corrected chi connectivity index (χ4v) is 2.92. The van der Waals surface area contributed by atoms with Crippen LogP contribution in [-0.4, -0.2) is 18.8 Å². The molecule has 144 valence electrons. The summed E-state index contributed by atoms with van der Waals surface area (Å²) in [5.41, 5.74) is 4.99. The highest BCUT2D eigenvalue weighted by molar-refractivity contribution is 6.24. The molecule has 28 heavy (non-hydrogen) atoms. The Balaban J connectivity index is 1.94. The molecule has 0 saturated carbocycles. The maximum absolute atomic E-state index is 11.8. The van der Waals surface area contributed by atoms with E-state index >= 15 is 0 Å². The van der Waals surface area contributed by atoms with Gasteiger partial charge in [-0.15, -0.1) is 6.58 Å². The van der Waals surface area contributed by atoms with E-state index in [-0.39, 0.29) is 0 Å². The summed E-state index contributed by atoms with van der Waals surface area (Å²) in [7, 11) is 1.60. The number of benzene rings is 2. The molecule has 1 aliphatic heterocycles. The number of nitrogens with zero attached hydrogens (tertiary/aromatic N) is 1. The highest BCUT2D eigenvalue weighted by atomic mass is 16.7. The standard InChI is InChI=1S/C23H23NO4/c1-5-6-19-11-18(12-20-16(3)24-28-23(20)25)13-21(26-4)22(19)27-14-17-9-7-15(2)8-10-17/h5,7-13H,1,6,14H2,2-4H3/b20-12-. The molecule has 0 spiro atoms. The predicted molar refractivity (Wildman–Crippen MR) is 110 cm³/mol. The van der Waals surface area contributed by atoms with E-state index in [4.69, 9.17) is 14.3 Å².